The number of ether oxygens (including phenoxy) is 1. The number of nitriles is 1. The lowest BCUT2D eigenvalue weighted by Crippen LogP contribution is -2.07. The van der Waals surface area contributed by atoms with Crippen molar-refractivity contribution in [1.82, 2.24) is 4.98 Å². The van der Waals surface area contributed by atoms with Crippen molar-refractivity contribution in [1.29, 1.82) is 5.26 Å². The minimum Gasteiger partial charge on any atom is -0.462 e. The summed E-state index contributed by atoms with van der Waals surface area (Å²) >= 11 is 4.82. The molecule has 0 aromatic carbocycles. The van der Waals surface area contributed by atoms with E-state index in [4.69, 9.17) is 22.2 Å². The highest BCUT2D eigenvalue weighted by atomic mass is 32.1. The second-order valence-electron chi connectivity index (χ2n) is 2.46. The standard InChI is InChI=1S/C9H8N2O2S/c1-2-13-9(12)7-5-11-8(14)3-6(7)4-10/h3,5H,2H2,1H3,(H,11,14). The first-order valence-electron chi connectivity index (χ1n) is 3.99. The number of nitrogens with one attached hydrogen (secondary N) is 1. The van der Waals surface area contributed by atoms with E-state index in [1.165, 1.54) is 12.3 Å². The molecule has 0 unspecified atom stereocenters. The van der Waals surface area contributed by atoms with Gasteiger partial charge in [0.25, 0.3) is 0 Å². The predicted molar refractivity (Wildman–Crippen MR) is 52.3 cm³/mol. The van der Waals surface area contributed by atoms with E-state index in [9.17, 15) is 4.79 Å². The minimum atomic E-state index is -0.518. The number of carbonyl (C=O) groups is 1. The van der Waals surface area contributed by atoms with Gasteiger partial charge < -0.3 is 9.72 Å². The summed E-state index contributed by atoms with van der Waals surface area (Å²) in [6, 6.07) is 3.32. The zero-order valence-corrected chi connectivity index (χ0v) is 8.35. The summed E-state index contributed by atoms with van der Waals surface area (Å²) in [6.45, 7) is 1.98. The molecule has 0 bridgehead atoms. The number of nitrogens with zero attached hydrogens (tertiary/aromatic N) is 1. The first kappa shape index (κ1) is 10.4. The van der Waals surface area contributed by atoms with Crippen LogP contribution in [0.25, 0.3) is 0 Å². The Balaban J connectivity index is 3.16. The third kappa shape index (κ3) is 2.18. The molecule has 5 heteroatoms. The van der Waals surface area contributed by atoms with Crippen LogP contribution in [-0.4, -0.2) is 17.6 Å². The van der Waals surface area contributed by atoms with Crippen LogP contribution in [0.1, 0.15) is 22.8 Å². The number of hydrogen-bond donors (Lipinski definition) is 1. The van der Waals surface area contributed by atoms with Crippen molar-refractivity contribution in [3.8, 4) is 6.07 Å². The topological polar surface area (TPSA) is 65.9 Å². The third-order valence-corrected chi connectivity index (χ3v) is 1.78. The van der Waals surface area contributed by atoms with Crippen molar-refractivity contribution in [2.75, 3.05) is 6.61 Å². The first-order chi connectivity index (χ1) is 6.69. The number of carbonyl (C=O) groups excluding carboxylic acids is 1. The summed E-state index contributed by atoms with van der Waals surface area (Å²) in [5.74, 6) is -0.518. The monoisotopic (exact) mass is 208 g/mol. The number of hydrogen-bond acceptors (Lipinski definition) is 4. The fourth-order valence-electron chi connectivity index (χ4n) is 0.942. The van der Waals surface area contributed by atoms with Gasteiger partial charge in [0.05, 0.1) is 17.7 Å². The summed E-state index contributed by atoms with van der Waals surface area (Å²) in [5.41, 5.74) is 0.440. The SMILES string of the molecule is CCOC(=O)c1c[nH]c(=S)cc1C#N. The first-order valence-corrected chi connectivity index (χ1v) is 4.39. The summed E-state index contributed by atoms with van der Waals surface area (Å²) in [4.78, 5) is 14.0. The predicted octanol–water partition coefficient (Wildman–Crippen LogP) is 1.79. The summed E-state index contributed by atoms with van der Waals surface area (Å²) in [6.07, 6.45) is 1.39. The number of aromatic nitrogens is 1. The quantitative estimate of drug-likeness (QED) is 0.594. The largest absolute Gasteiger partial charge is 0.462 e. The molecule has 0 aliphatic heterocycles. The second-order valence-corrected chi connectivity index (χ2v) is 2.90. The van der Waals surface area contributed by atoms with Crippen molar-refractivity contribution >= 4 is 18.2 Å². The molecule has 0 aliphatic carbocycles. The molecule has 0 spiro atoms. The molecule has 0 radical (unpaired) electrons. The van der Waals surface area contributed by atoms with Crippen molar-refractivity contribution in [2.45, 2.75) is 6.92 Å². The van der Waals surface area contributed by atoms with Gasteiger partial charge in [0.15, 0.2) is 0 Å². The Morgan fingerprint density at radius 3 is 3.07 bits per heavy atom. The van der Waals surface area contributed by atoms with Crippen LogP contribution in [0.3, 0.4) is 0 Å². The Kier molecular flexibility index (Phi) is 3.37. The molecule has 1 rings (SSSR count). The molecule has 1 aromatic heterocycles. The third-order valence-electron chi connectivity index (χ3n) is 1.54. The van der Waals surface area contributed by atoms with Gasteiger partial charge in [-0.05, 0) is 13.0 Å². The maximum atomic E-state index is 11.3. The van der Waals surface area contributed by atoms with Crippen LogP contribution in [-0.2, 0) is 4.74 Å². The Bertz CT molecular complexity index is 445. The molecule has 4 nitrogen and oxygen atoms in total. The Labute approximate surface area is 86.1 Å². The van der Waals surface area contributed by atoms with Gasteiger partial charge in [-0.15, -0.1) is 0 Å². The molecule has 0 saturated carbocycles. The summed E-state index contributed by atoms with van der Waals surface area (Å²) in [5, 5.41) is 8.74. The van der Waals surface area contributed by atoms with Crippen LogP contribution in [0, 0.1) is 16.0 Å². The number of rotatable bonds is 2. The maximum Gasteiger partial charge on any atom is 0.340 e. The molecule has 14 heavy (non-hydrogen) atoms. The fraction of sp³-hybridized carbons (Fsp3) is 0.222. The summed E-state index contributed by atoms with van der Waals surface area (Å²) in [7, 11) is 0. The number of esters is 1. The van der Waals surface area contributed by atoms with Crippen LogP contribution in [0.4, 0.5) is 0 Å². The van der Waals surface area contributed by atoms with E-state index in [-0.39, 0.29) is 17.7 Å². The lowest BCUT2D eigenvalue weighted by Gasteiger charge is -2.02. The van der Waals surface area contributed by atoms with E-state index in [2.05, 4.69) is 4.98 Å². The minimum absolute atomic E-state index is 0.211. The van der Waals surface area contributed by atoms with E-state index in [0.717, 1.165) is 0 Å². The van der Waals surface area contributed by atoms with Crippen molar-refractivity contribution in [3.63, 3.8) is 0 Å². The van der Waals surface area contributed by atoms with Crippen LogP contribution >= 0.6 is 12.2 Å². The number of pyridine rings is 1. The number of H-pyrrole nitrogens is 1. The van der Waals surface area contributed by atoms with Crippen LogP contribution < -0.4 is 0 Å². The van der Waals surface area contributed by atoms with Crippen molar-refractivity contribution < 1.29 is 9.53 Å². The van der Waals surface area contributed by atoms with Crippen molar-refractivity contribution in [2.24, 2.45) is 0 Å². The van der Waals surface area contributed by atoms with Gasteiger partial charge in [0, 0.05) is 6.20 Å². The Hall–Kier alpha value is -1.67. The van der Waals surface area contributed by atoms with Crippen LogP contribution in [0.2, 0.25) is 0 Å². The van der Waals surface area contributed by atoms with Gasteiger partial charge in [-0.1, -0.05) is 12.2 Å². The Morgan fingerprint density at radius 1 is 1.79 bits per heavy atom. The highest BCUT2D eigenvalue weighted by Crippen LogP contribution is 2.07. The molecule has 0 fully saturated rings. The highest BCUT2D eigenvalue weighted by Gasteiger charge is 2.11. The van der Waals surface area contributed by atoms with Crippen molar-refractivity contribution in [3.05, 3.63) is 28.0 Å². The number of aromatic amines is 1. The van der Waals surface area contributed by atoms with Gasteiger partial charge in [-0.25, -0.2) is 4.79 Å². The summed E-state index contributed by atoms with van der Waals surface area (Å²) < 4.78 is 5.18. The smallest absolute Gasteiger partial charge is 0.340 e. The van der Waals surface area contributed by atoms with Gasteiger partial charge in [-0.2, -0.15) is 5.26 Å². The zero-order chi connectivity index (χ0) is 10.6. The molecule has 0 atom stereocenters. The lowest BCUT2D eigenvalue weighted by atomic mass is 10.1. The normalized spacial score (nSPS) is 9.14. The molecular formula is C9H8N2O2S. The molecule has 0 aliphatic rings. The molecule has 1 aromatic rings. The van der Waals surface area contributed by atoms with E-state index in [1.807, 2.05) is 6.07 Å². The van der Waals surface area contributed by atoms with Gasteiger partial charge in [-0.3, -0.25) is 0 Å². The van der Waals surface area contributed by atoms with E-state index in [0.29, 0.717) is 4.64 Å². The van der Waals surface area contributed by atoms with E-state index >= 15 is 0 Å². The average Bonchev–Trinajstić information content (AvgIpc) is 2.17. The average molecular weight is 208 g/mol. The van der Waals surface area contributed by atoms with E-state index in [1.54, 1.807) is 6.92 Å². The molecule has 0 saturated heterocycles. The molecule has 0 amide bonds. The second kappa shape index (κ2) is 4.53. The van der Waals surface area contributed by atoms with Crippen LogP contribution in [0.5, 0.6) is 0 Å². The molecular weight excluding hydrogens is 200 g/mol. The fourth-order valence-corrected chi connectivity index (χ4v) is 1.12. The molecule has 1 heterocycles. The van der Waals surface area contributed by atoms with Gasteiger partial charge >= 0.3 is 5.97 Å². The van der Waals surface area contributed by atoms with E-state index < -0.39 is 5.97 Å². The lowest BCUT2D eigenvalue weighted by molar-refractivity contribution is 0.0525. The van der Waals surface area contributed by atoms with Crippen LogP contribution in [0.15, 0.2) is 12.3 Å². The van der Waals surface area contributed by atoms with Gasteiger partial charge in [0.2, 0.25) is 0 Å². The Morgan fingerprint density at radius 2 is 2.50 bits per heavy atom. The maximum absolute atomic E-state index is 11.3. The molecule has 72 valence electrons. The zero-order valence-electron chi connectivity index (χ0n) is 7.53. The highest BCUT2D eigenvalue weighted by molar-refractivity contribution is 7.71. The molecule has 1 N–H and O–H groups in total. The van der Waals surface area contributed by atoms with Gasteiger partial charge in [0.1, 0.15) is 10.7 Å².